The molecule has 2 unspecified atom stereocenters. The number of hydrogen-bond acceptors (Lipinski definition) is 0. The summed E-state index contributed by atoms with van der Waals surface area (Å²) >= 11 is 14.8. The van der Waals surface area contributed by atoms with Crippen LogP contribution in [0.4, 0.5) is 0 Å². The summed E-state index contributed by atoms with van der Waals surface area (Å²) in [6, 6.07) is 0. The van der Waals surface area contributed by atoms with Crippen LogP contribution in [0.5, 0.6) is 0 Å². The van der Waals surface area contributed by atoms with E-state index in [4.69, 9.17) is 33.2 Å². The van der Waals surface area contributed by atoms with E-state index in [9.17, 15) is 0 Å². The molecular weight excluding hydrogens is 231 g/mol. The summed E-state index contributed by atoms with van der Waals surface area (Å²) in [6.45, 7) is 7.71. The highest BCUT2D eigenvalue weighted by Crippen LogP contribution is 2.50. The van der Waals surface area contributed by atoms with E-state index >= 15 is 0 Å². The van der Waals surface area contributed by atoms with Crippen LogP contribution in [0, 0.1) is 17.3 Å². The molecule has 4 heteroatoms. The van der Waals surface area contributed by atoms with Crippen molar-refractivity contribution in [2.45, 2.75) is 34.1 Å². The van der Waals surface area contributed by atoms with Crippen LogP contribution >= 0.6 is 33.2 Å². The molecule has 74 valence electrons. The van der Waals surface area contributed by atoms with Crippen LogP contribution in [0.2, 0.25) is 0 Å². The van der Waals surface area contributed by atoms with Gasteiger partial charge < -0.3 is 0 Å². The van der Waals surface area contributed by atoms with E-state index in [1.54, 1.807) is 0 Å². The molecule has 0 spiro atoms. The molecule has 0 radical (unpaired) electrons. The monoisotopic (exact) mass is 246 g/mol. The first-order valence-electron chi connectivity index (χ1n) is 4.20. The minimum Gasteiger partial charge on any atom is -0.130 e. The van der Waals surface area contributed by atoms with E-state index in [-0.39, 0.29) is 0 Å². The van der Waals surface area contributed by atoms with E-state index in [0.29, 0.717) is 5.41 Å². The molecule has 12 heavy (non-hydrogen) atoms. The van der Waals surface area contributed by atoms with Gasteiger partial charge in [-0.15, -0.1) is 33.2 Å². The topological polar surface area (TPSA) is 0 Å². The summed E-state index contributed by atoms with van der Waals surface area (Å²) in [4.78, 5) is 0. The lowest BCUT2D eigenvalue weighted by Crippen LogP contribution is -2.41. The van der Waals surface area contributed by atoms with Gasteiger partial charge in [0.15, 0.2) is 0 Å². The Morgan fingerprint density at radius 3 is 1.33 bits per heavy atom. The molecule has 2 atom stereocenters. The van der Waals surface area contributed by atoms with Crippen molar-refractivity contribution in [3.8, 4) is 0 Å². The Balaban J connectivity index is 0.000000261. The van der Waals surface area contributed by atoms with Crippen LogP contribution in [0.25, 0.3) is 0 Å². The van der Waals surface area contributed by atoms with Crippen molar-refractivity contribution in [1.82, 2.24) is 0 Å². The minimum absolute atomic E-state index is 0.639. The van der Waals surface area contributed by atoms with Gasteiger partial charge in [-0.1, -0.05) is 27.7 Å². The van der Waals surface area contributed by atoms with Gasteiger partial charge in [-0.05, 0) is 23.7 Å². The lowest BCUT2D eigenvalue weighted by atomic mass is 9.56. The van der Waals surface area contributed by atoms with Gasteiger partial charge in [-0.3, -0.25) is 0 Å². The van der Waals surface area contributed by atoms with E-state index in [0.717, 1.165) is 11.8 Å². The lowest BCUT2D eigenvalue weighted by Gasteiger charge is -2.49. The summed E-state index contributed by atoms with van der Waals surface area (Å²) in [6.07, 6.45) is 1.44. The highest BCUT2D eigenvalue weighted by Gasteiger charge is 2.41. The second-order valence-corrected chi connectivity index (χ2v) is 10.5. The molecule has 1 aliphatic carbocycles. The first-order chi connectivity index (χ1) is 5.28. The molecule has 0 N–H and O–H groups in total. The predicted molar refractivity (Wildman–Crippen MR) is 61.4 cm³/mol. The van der Waals surface area contributed by atoms with Crippen LogP contribution < -0.4 is 0 Å². The Morgan fingerprint density at radius 2 is 1.33 bits per heavy atom. The zero-order chi connectivity index (χ0) is 9.94. The van der Waals surface area contributed by atoms with Gasteiger partial charge in [0.25, 0.3) is 0 Å². The van der Waals surface area contributed by atoms with Crippen molar-refractivity contribution in [2.75, 3.05) is 0 Å². The fraction of sp³-hybridized carbons (Fsp3) is 1.00. The van der Waals surface area contributed by atoms with Gasteiger partial charge in [0.2, 0.25) is 0 Å². The zero-order valence-corrected chi connectivity index (χ0v) is 11.5. The molecule has 0 aliphatic heterocycles. The molecule has 1 fully saturated rings. The third kappa shape index (κ3) is 3.86. The molecule has 0 heterocycles. The number of rotatable bonds is 0. The van der Waals surface area contributed by atoms with E-state index in [2.05, 4.69) is 27.7 Å². The molecule has 0 amide bonds. The largest absolute Gasteiger partial charge is 0.326 e. The van der Waals surface area contributed by atoms with Crippen LogP contribution in [0.15, 0.2) is 0 Å². The van der Waals surface area contributed by atoms with Gasteiger partial charge in [0.05, 0.1) is 0 Å². The molecule has 0 bridgehead atoms. The average Bonchev–Trinajstić information content (AvgIpc) is 1.87. The van der Waals surface area contributed by atoms with Gasteiger partial charge in [-0.25, -0.2) is 0 Å². The third-order valence-electron chi connectivity index (χ3n) is 3.25. The van der Waals surface area contributed by atoms with Crippen molar-refractivity contribution in [3.63, 3.8) is 0 Å². The SMILES string of the molecule is CC1CC(C)C1(C)C.Cl[SiH](Cl)Cl. The van der Waals surface area contributed by atoms with Crippen LogP contribution in [0.1, 0.15) is 34.1 Å². The van der Waals surface area contributed by atoms with Gasteiger partial charge >= 0.3 is 6.73 Å². The molecule has 1 rings (SSSR count). The van der Waals surface area contributed by atoms with Gasteiger partial charge in [0, 0.05) is 0 Å². The van der Waals surface area contributed by atoms with E-state index < -0.39 is 6.73 Å². The lowest BCUT2D eigenvalue weighted by molar-refractivity contribution is 0.00567. The predicted octanol–water partition coefficient (Wildman–Crippen LogP) is 4.11. The highest BCUT2D eigenvalue weighted by atomic mass is 35.8. The smallest absolute Gasteiger partial charge is 0.130 e. The Bertz CT molecular complexity index is 124. The normalized spacial score (nSPS) is 32.0. The number of halogens is 3. The van der Waals surface area contributed by atoms with Crippen LogP contribution in [-0.4, -0.2) is 6.73 Å². The Labute approximate surface area is 91.3 Å². The van der Waals surface area contributed by atoms with Crippen molar-refractivity contribution in [1.29, 1.82) is 0 Å². The Morgan fingerprint density at radius 1 is 1.08 bits per heavy atom. The Kier molecular flexibility index (Phi) is 5.55. The average molecular weight is 248 g/mol. The molecule has 0 saturated heterocycles. The Hall–Kier alpha value is 1.09. The van der Waals surface area contributed by atoms with E-state index in [1.807, 2.05) is 0 Å². The number of hydrogen-bond donors (Lipinski definition) is 0. The van der Waals surface area contributed by atoms with Crippen molar-refractivity contribution < 1.29 is 0 Å². The quantitative estimate of drug-likeness (QED) is 0.446. The first-order valence-corrected chi connectivity index (χ1v) is 9.44. The minimum atomic E-state index is -1.72. The third-order valence-corrected chi connectivity index (χ3v) is 3.25. The zero-order valence-electron chi connectivity index (χ0n) is 8.07. The van der Waals surface area contributed by atoms with E-state index in [1.165, 1.54) is 6.42 Å². The molecular formula is C8H17Cl3Si. The summed E-state index contributed by atoms with van der Waals surface area (Å²) in [5.41, 5.74) is 0.639. The molecule has 0 aromatic heterocycles. The summed E-state index contributed by atoms with van der Waals surface area (Å²) in [5.74, 6) is 1.91. The maximum absolute atomic E-state index is 4.94. The molecule has 0 nitrogen and oxygen atoms in total. The van der Waals surface area contributed by atoms with Crippen molar-refractivity contribution in [3.05, 3.63) is 0 Å². The fourth-order valence-corrected chi connectivity index (χ4v) is 1.46. The molecule has 1 saturated carbocycles. The maximum Gasteiger partial charge on any atom is 0.326 e. The second-order valence-electron chi connectivity index (χ2n) is 4.11. The summed E-state index contributed by atoms with van der Waals surface area (Å²) in [5, 5.41) is 0. The standard InChI is InChI=1S/C8H16.Cl3HSi/c1-6-5-7(2)8(6,3)4;1-4(2)3/h6-7H,5H2,1-4H3;4H. The molecule has 0 aromatic carbocycles. The molecule has 1 aliphatic rings. The van der Waals surface area contributed by atoms with Gasteiger partial charge in [0.1, 0.15) is 0 Å². The molecule has 0 aromatic rings. The summed E-state index contributed by atoms with van der Waals surface area (Å²) < 4.78 is 0. The maximum atomic E-state index is 4.94. The van der Waals surface area contributed by atoms with Crippen LogP contribution in [0.3, 0.4) is 0 Å². The van der Waals surface area contributed by atoms with Crippen molar-refractivity contribution >= 4 is 40.0 Å². The first kappa shape index (κ1) is 13.1. The fourth-order valence-electron chi connectivity index (χ4n) is 1.46. The van der Waals surface area contributed by atoms with Crippen LogP contribution in [-0.2, 0) is 0 Å². The van der Waals surface area contributed by atoms with Gasteiger partial charge in [-0.2, -0.15) is 0 Å². The van der Waals surface area contributed by atoms with Crippen molar-refractivity contribution in [2.24, 2.45) is 17.3 Å². The summed E-state index contributed by atoms with van der Waals surface area (Å²) in [7, 11) is 0. The second kappa shape index (κ2) is 5.09. The highest BCUT2D eigenvalue weighted by molar-refractivity contribution is 7.54.